The summed E-state index contributed by atoms with van der Waals surface area (Å²) in [6, 6.07) is 8.80. The number of amides is 3. The fourth-order valence-electron chi connectivity index (χ4n) is 2.76. The Balaban J connectivity index is 2.21. The monoisotopic (exact) mass is 289 g/mol. The van der Waals surface area contributed by atoms with Gasteiger partial charge < -0.3 is 5.32 Å². The van der Waals surface area contributed by atoms with Gasteiger partial charge in [-0.25, -0.2) is 4.79 Å². The van der Waals surface area contributed by atoms with Crippen molar-refractivity contribution in [2.24, 2.45) is 0 Å². The predicted molar refractivity (Wildman–Crippen MR) is 81.8 cm³/mol. The Morgan fingerprint density at radius 3 is 2.24 bits per heavy atom. The van der Waals surface area contributed by atoms with E-state index >= 15 is 0 Å². The van der Waals surface area contributed by atoms with Crippen LogP contribution in [0.15, 0.2) is 30.3 Å². The highest BCUT2D eigenvalue weighted by molar-refractivity contribution is 5.97. The van der Waals surface area contributed by atoms with Crippen molar-refractivity contribution < 1.29 is 9.59 Å². The number of hydrogen-bond acceptors (Lipinski definition) is 3. The summed E-state index contributed by atoms with van der Waals surface area (Å²) >= 11 is 0. The molecule has 0 aliphatic carbocycles. The zero-order valence-corrected chi connectivity index (χ0v) is 12.5. The third-order valence-electron chi connectivity index (χ3n) is 3.83. The van der Waals surface area contributed by atoms with Crippen LogP contribution >= 0.6 is 0 Å². The van der Waals surface area contributed by atoms with Gasteiger partial charge in [-0.1, -0.05) is 43.2 Å². The number of benzene rings is 1. The molecule has 2 rings (SSSR count). The molecule has 21 heavy (non-hydrogen) atoms. The van der Waals surface area contributed by atoms with Crippen molar-refractivity contribution in [3.8, 4) is 0 Å². The smallest absolute Gasteiger partial charge is 0.321 e. The molecule has 1 atom stereocenters. The number of imide groups is 1. The van der Waals surface area contributed by atoms with Gasteiger partial charge in [-0.05, 0) is 31.5 Å². The maximum Gasteiger partial charge on any atom is 0.321 e. The molecular formula is C16H23N3O2. The molecule has 5 nitrogen and oxygen atoms in total. The summed E-state index contributed by atoms with van der Waals surface area (Å²) in [6.07, 6.45) is 4.59. The third-order valence-corrected chi connectivity index (χ3v) is 3.83. The van der Waals surface area contributed by atoms with Crippen LogP contribution < -0.4 is 10.6 Å². The van der Waals surface area contributed by atoms with Crippen LogP contribution in [0, 0.1) is 0 Å². The van der Waals surface area contributed by atoms with Crippen molar-refractivity contribution in [3.05, 3.63) is 35.9 Å². The van der Waals surface area contributed by atoms with Gasteiger partial charge in [0.1, 0.15) is 6.04 Å². The van der Waals surface area contributed by atoms with E-state index in [1.54, 1.807) is 0 Å². The van der Waals surface area contributed by atoms with Gasteiger partial charge in [-0.2, -0.15) is 0 Å². The van der Waals surface area contributed by atoms with Crippen LogP contribution in [0.4, 0.5) is 4.79 Å². The Morgan fingerprint density at radius 2 is 1.67 bits per heavy atom. The van der Waals surface area contributed by atoms with E-state index in [0.29, 0.717) is 0 Å². The lowest BCUT2D eigenvalue weighted by Gasteiger charge is -2.29. The number of urea groups is 1. The quantitative estimate of drug-likeness (QED) is 0.895. The lowest BCUT2D eigenvalue weighted by atomic mass is 10.0. The first-order valence-electron chi connectivity index (χ1n) is 7.54. The minimum Gasteiger partial charge on any atom is -0.341 e. The van der Waals surface area contributed by atoms with E-state index in [1.165, 1.54) is 19.9 Å². The van der Waals surface area contributed by atoms with E-state index in [-0.39, 0.29) is 5.91 Å². The zero-order chi connectivity index (χ0) is 15.1. The molecule has 1 unspecified atom stereocenters. The summed E-state index contributed by atoms with van der Waals surface area (Å²) in [5.41, 5.74) is 0.931. The summed E-state index contributed by atoms with van der Waals surface area (Å²) in [7, 11) is 1.51. The molecule has 1 fully saturated rings. The maximum atomic E-state index is 12.5. The Bertz CT molecular complexity index is 468. The molecule has 1 saturated heterocycles. The fraction of sp³-hybridized carbons (Fsp3) is 0.500. The molecule has 0 radical (unpaired) electrons. The number of carbonyl (C=O) groups is 2. The van der Waals surface area contributed by atoms with Crippen molar-refractivity contribution in [3.63, 3.8) is 0 Å². The standard InChI is InChI=1S/C16H23N3O2/c1-17-16(21)18-15(20)14(13-9-5-4-6-10-13)19-11-7-2-3-8-12-19/h4-6,9-10,14H,2-3,7-8,11-12H2,1H3,(H2,17,18,20,21). The molecule has 114 valence electrons. The molecule has 0 aromatic heterocycles. The number of nitrogens with one attached hydrogen (secondary N) is 2. The molecule has 5 heteroatoms. The van der Waals surface area contributed by atoms with Crippen LogP contribution in [0.1, 0.15) is 37.3 Å². The molecule has 2 N–H and O–H groups in total. The Labute approximate surface area is 125 Å². The largest absolute Gasteiger partial charge is 0.341 e. The van der Waals surface area contributed by atoms with Crippen LogP contribution in [0.3, 0.4) is 0 Å². The molecule has 3 amide bonds. The van der Waals surface area contributed by atoms with Crippen LogP contribution in [-0.2, 0) is 4.79 Å². The second-order valence-corrected chi connectivity index (χ2v) is 5.33. The molecular weight excluding hydrogens is 266 g/mol. The van der Waals surface area contributed by atoms with Gasteiger partial charge in [0.25, 0.3) is 0 Å². The first kappa shape index (κ1) is 15.5. The molecule has 1 aromatic carbocycles. The second kappa shape index (κ2) is 7.78. The molecule has 0 saturated carbocycles. The third kappa shape index (κ3) is 4.29. The van der Waals surface area contributed by atoms with Gasteiger partial charge in [-0.15, -0.1) is 0 Å². The second-order valence-electron chi connectivity index (χ2n) is 5.33. The van der Waals surface area contributed by atoms with Crippen molar-refractivity contribution >= 4 is 11.9 Å². The first-order chi connectivity index (χ1) is 10.2. The van der Waals surface area contributed by atoms with Crippen molar-refractivity contribution in [1.82, 2.24) is 15.5 Å². The number of likely N-dealkylation sites (tertiary alicyclic amines) is 1. The number of carbonyl (C=O) groups excluding carboxylic acids is 2. The van der Waals surface area contributed by atoms with Gasteiger partial charge in [0.15, 0.2) is 0 Å². The lowest BCUT2D eigenvalue weighted by Crippen LogP contribution is -2.45. The minimum atomic E-state index is -0.462. The fourth-order valence-corrected chi connectivity index (χ4v) is 2.76. The van der Waals surface area contributed by atoms with Gasteiger partial charge in [0.2, 0.25) is 5.91 Å². The molecule has 0 bridgehead atoms. The summed E-state index contributed by atoms with van der Waals surface area (Å²) in [5.74, 6) is -0.262. The lowest BCUT2D eigenvalue weighted by molar-refractivity contribution is -0.125. The summed E-state index contributed by atoms with van der Waals surface area (Å²) in [5, 5.41) is 4.84. The van der Waals surface area contributed by atoms with Gasteiger partial charge in [0, 0.05) is 7.05 Å². The van der Waals surface area contributed by atoms with Crippen LogP contribution in [-0.4, -0.2) is 37.0 Å². The minimum absolute atomic E-state index is 0.262. The molecule has 1 aliphatic rings. The van der Waals surface area contributed by atoms with Crippen LogP contribution in [0.5, 0.6) is 0 Å². The average Bonchev–Trinajstić information content (AvgIpc) is 2.77. The Kier molecular flexibility index (Phi) is 5.75. The molecule has 1 heterocycles. The van der Waals surface area contributed by atoms with Gasteiger partial charge >= 0.3 is 6.03 Å². The summed E-state index contributed by atoms with van der Waals surface area (Å²) in [4.78, 5) is 26.1. The Hall–Kier alpha value is -1.88. The highest BCUT2D eigenvalue weighted by Gasteiger charge is 2.28. The van der Waals surface area contributed by atoms with E-state index in [0.717, 1.165) is 31.5 Å². The molecule has 1 aromatic rings. The average molecular weight is 289 g/mol. The highest BCUT2D eigenvalue weighted by atomic mass is 16.2. The molecule has 1 aliphatic heterocycles. The van der Waals surface area contributed by atoms with E-state index in [2.05, 4.69) is 15.5 Å². The normalized spacial score (nSPS) is 17.6. The number of hydrogen-bond donors (Lipinski definition) is 2. The van der Waals surface area contributed by atoms with E-state index in [9.17, 15) is 9.59 Å². The Morgan fingerprint density at radius 1 is 1.05 bits per heavy atom. The van der Waals surface area contributed by atoms with Gasteiger partial charge in [-0.3, -0.25) is 15.0 Å². The highest BCUT2D eigenvalue weighted by Crippen LogP contribution is 2.24. The van der Waals surface area contributed by atoms with Crippen molar-refractivity contribution in [2.45, 2.75) is 31.7 Å². The zero-order valence-electron chi connectivity index (χ0n) is 12.5. The molecule has 0 spiro atoms. The van der Waals surface area contributed by atoms with E-state index in [4.69, 9.17) is 0 Å². The van der Waals surface area contributed by atoms with E-state index in [1.807, 2.05) is 30.3 Å². The van der Waals surface area contributed by atoms with Crippen LogP contribution in [0.25, 0.3) is 0 Å². The van der Waals surface area contributed by atoms with Crippen molar-refractivity contribution in [1.29, 1.82) is 0 Å². The first-order valence-corrected chi connectivity index (χ1v) is 7.54. The predicted octanol–water partition coefficient (Wildman–Crippen LogP) is 2.06. The van der Waals surface area contributed by atoms with E-state index < -0.39 is 12.1 Å². The SMILES string of the molecule is CNC(=O)NC(=O)C(c1ccccc1)N1CCCCCC1. The maximum absolute atomic E-state index is 12.5. The number of rotatable bonds is 3. The van der Waals surface area contributed by atoms with Crippen LogP contribution in [0.2, 0.25) is 0 Å². The summed E-state index contributed by atoms with van der Waals surface area (Å²) < 4.78 is 0. The number of nitrogens with zero attached hydrogens (tertiary/aromatic N) is 1. The summed E-state index contributed by atoms with van der Waals surface area (Å²) in [6.45, 7) is 1.78. The van der Waals surface area contributed by atoms with Crippen molar-refractivity contribution in [2.75, 3.05) is 20.1 Å². The van der Waals surface area contributed by atoms with Gasteiger partial charge in [0.05, 0.1) is 0 Å². The topological polar surface area (TPSA) is 61.4 Å².